The molecule has 0 N–H and O–H groups in total. The van der Waals surface area contributed by atoms with E-state index < -0.39 is 0 Å². The summed E-state index contributed by atoms with van der Waals surface area (Å²) in [6, 6.07) is 81.6. The molecule has 0 unspecified atom stereocenters. The van der Waals surface area contributed by atoms with Crippen LogP contribution in [0.3, 0.4) is 0 Å². The predicted octanol–water partition coefficient (Wildman–Crippen LogP) is 17.0. The highest BCUT2D eigenvalue weighted by molar-refractivity contribution is 6.28. The fourth-order valence-corrected chi connectivity index (χ4v) is 10.5. The molecule has 0 spiro atoms. The second-order valence-corrected chi connectivity index (χ2v) is 16.3. The Balaban J connectivity index is 1.14. The fraction of sp³-hybridized carbons (Fsp3) is 0. The maximum Gasteiger partial charge on any atom is -0.00201 e. The average Bonchev–Trinajstić information content (AvgIpc) is 3.32. The lowest BCUT2D eigenvalue weighted by Crippen LogP contribution is -1.95. The second kappa shape index (κ2) is 12.9. The highest BCUT2D eigenvalue weighted by atomic mass is 14.3. The highest BCUT2D eigenvalue weighted by Gasteiger charge is 2.23. The van der Waals surface area contributed by atoms with Crippen LogP contribution in [0.4, 0.5) is 0 Å². The molecule has 0 heteroatoms. The van der Waals surface area contributed by atoms with Gasteiger partial charge in [-0.15, -0.1) is 0 Å². The molecular formula is C60H36. The van der Waals surface area contributed by atoms with Gasteiger partial charge in [-0.25, -0.2) is 0 Å². The van der Waals surface area contributed by atoms with Gasteiger partial charge in [0.15, 0.2) is 0 Å². The first-order valence-corrected chi connectivity index (χ1v) is 20.9. The molecule has 0 aromatic heterocycles. The Bertz CT molecular complexity index is 3770. The molecule has 0 aliphatic heterocycles. The van der Waals surface area contributed by atoms with Crippen LogP contribution in [-0.2, 0) is 0 Å². The number of benzene rings is 13. The van der Waals surface area contributed by atoms with Gasteiger partial charge in [0.25, 0.3) is 0 Å². The van der Waals surface area contributed by atoms with Gasteiger partial charge in [0, 0.05) is 0 Å². The Morgan fingerprint density at radius 2 is 0.650 bits per heavy atom. The quantitative estimate of drug-likeness (QED) is 0.153. The monoisotopic (exact) mass is 756 g/mol. The number of hydrogen-bond acceptors (Lipinski definition) is 0. The summed E-state index contributed by atoms with van der Waals surface area (Å²) in [6.07, 6.45) is 0. The maximum atomic E-state index is 2.49. The molecule has 0 aliphatic rings. The van der Waals surface area contributed by atoms with Crippen LogP contribution < -0.4 is 0 Å². The average molecular weight is 757 g/mol. The van der Waals surface area contributed by atoms with Crippen LogP contribution >= 0.6 is 0 Å². The van der Waals surface area contributed by atoms with E-state index in [0.29, 0.717) is 0 Å². The molecule has 0 saturated carbocycles. The summed E-state index contributed by atoms with van der Waals surface area (Å²) in [7, 11) is 0. The van der Waals surface area contributed by atoms with Crippen molar-refractivity contribution in [2.75, 3.05) is 0 Å². The molecule has 0 nitrogen and oxygen atoms in total. The Morgan fingerprint density at radius 3 is 1.27 bits per heavy atom. The highest BCUT2D eigenvalue weighted by Crippen LogP contribution is 2.50. The molecule has 0 fully saturated rings. The van der Waals surface area contributed by atoms with E-state index in [-0.39, 0.29) is 0 Å². The molecule has 13 aromatic rings. The minimum Gasteiger partial charge on any atom is -0.0622 e. The first kappa shape index (κ1) is 33.2. The van der Waals surface area contributed by atoms with Gasteiger partial charge in [-0.05, 0) is 143 Å². The summed E-state index contributed by atoms with van der Waals surface area (Å²) in [5.74, 6) is 0. The van der Waals surface area contributed by atoms with E-state index in [9.17, 15) is 0 Å². The van der Waals surface area contributed by atoms with Crippen molar-refractivity contribution in [3.8, 4) is 55.6 Å². The Kier molecular flexibility index (Phi) is 7.11. The lowest BCUT2D eigenvalue weighted by Gasteiger charge is -2.22. The van der Waals surface area contributed by atoms with Gasteiger partial charge in [0.2, 0.25) is 0 Å². The van der Waals surface area contributed by atoms with Crippen LogP contribution in [0.15, 0.2) is 218 Å². The Hall–Kier alpha value is -7.80. The Labute approximate surface area is 347 Å². The van der Waals surface area contributed by atoms with Crippen molar-refractivity contribution in [2.45, 2.75) is 0 Å². The van der Waals surface area contributed by atoms with Crippen molar-refractivity contribution in [1.82, 2.24) is 0 Å². The van der Waals surface area contributed by atoms with Crippen LogP contribution in [-0.4, -0.2) is 0 Å². The van der Waals surface area contributed by atoms with Crippen LogP contribution in [0.5, 0.6) is 0 Å². The largest absolute Gasteiger partial charge is 0.0622 e. The summed E-state index contributed by atoms with van der Waals surface area (Å²) in [5, 5.41) is 18.1. The molecule has 0 amide bonds. The van der Waals surface area contributed by atoms with Crippen molar-refractivity contribution in [1.29, 1.82) is 0 Å². The molecule has 13 rings (SSSR count). The van der Waals surface area contributed by atoms with Gasteiger partial charge in [-0.2, -0.15) is 0 Å². The summed E-state index contributed by atoms with van der Waals surface area (Å²) in [5.41, 5.74) is 12.3. The van der Waals surface area contributed by atoms with E-state index in [2.05, 4.69) is 218 Å². The molecular weight excluding hydrogens is 721 g/mol. The van der Waals surface area contributed by atoms with Crippen molar-refractivity contribution in [3.05, 3.63) is 218 Å². The molecule has 0 radical (unpaired) electrons. The predicted molar refractivity (Wildman–Crippen MR) is 259 cm³/mol. The third-order valence-electron chi connectivity index (χ3n) is 13.2. The van der Waals surface area contributed by atoms with Gasteiger partial charge in [0.05, 0.1) is 0 Å². The minimum absolute atomic E-state index is 1.20. The van der Waals surface area contributed by atoms with Gasteiger partial charge in [-0.1, -0.05) is 206 Å². The second-order valence-electron chi connectivity index (χ2n) is 16.3. The lowest BCUT2D eigenvalue weighted by molar-refractivity contribution is 1.58. The van der Waals surface area contributed by atoms with Gasteiger partial charge >= 0.3 is 0 Å². The SMILES string of the molecule is c1ccc(-c2ccc(-c3cc(-c4ccccc4)c(-c4ccc5ccc6cccc7ccc4c5c67)c4ccccc34)c(-c3ccc4ccc5cccc6ccc3c4c56)c2)cc1. The number of hydrogen-bond donors (Lipinski definition) is 0. The first-order valence-electron chi connectivity index (χ1n) is 20.9. The van der Waals surface area contributed by atoms with E-state index in [1.807, 2.05) is 0 Å². The van der Waals surface area contributed by atoms with E-state index in [1.54, 1.807) is 0 Å². The van der Waals surface area contributed by atoms with Gasteiger partial charge in [0.1, 0.15) is 0 Å². The topological polar surface area (TPSA) is 0 Å². The van der Waals surface area contributed by atoms with Crippen LogP contribution in [0, 0.1) is 0 Å². The zero-order valence-corrected chi connectivity index (χ0v) is 32.8. The zero-order chi connectivity index (χ0) is 39.3. The zero-order valence-electron chi connectivity index (χ0n) is 32.8. The summed E-state index contributed by atoms with van der Waals surface area (Å²) < 4.78 is 0. The van der Waals surface area contributed by atoms with E-state index >= 15 is 0 Å². The van der Waals surface area contributed by atoms with E-state index in [4.69, 9.17) is 0 Å². The third kappa shape index (κ3) is 4.86. The van der Waals surface area contributed by atoms with Crippen LogP contribution in [0.2, 0.25) is 0 Å². The first-order chi connectivity index (χ1) is 29.8. The van der Waals surface area contributed by atoms with E-state index in [0.717, 1.165) is 0 Å². The smallest absolute Gasteiger partial charge is 0.00201 e. The molecule has 0 saturated heterocycles. The minimum atomic E-state index is 1.20. The van der Waals surface area contributed by atoms with Gasteiger partial charge < -0.3 is 0 Å². The molecule has 13 aromatic carbocycles. The Morgan fingerprint density at radius 1 is 0.183 bits per heavy atom. The normalized spacial score (nSPS) is 12.0. The van der Waals surface area contributed by atoms with Crippen molar-refractivity contribution in [3.63, 3.8) is 0 Å². The fourth-order valence-electron chi connectivity index (χ4n) is 10.5. The van der Waals surface area contributed by atoms with Crippen molar-refractivity contribution < 1.29 is 0 Å². The summed E-state index contributed by atoms with van der Waals surface area (Å²) >= 11 is 0. The molecule has 60 heavy (non-hydrogen) atoms. The number of rotatable bonds is 5. The van der Waals surface area contributed by atoms with Crippen molar-refractivity contribution >= 4 is 75.4 Å². The molecule has 0 bridgehead atoms. The molecule has 276 valence electrons. The number of fused-ring (bicyclic) bond motifs is 1. The van der Waals surface area contributed by atoms with Crippen LogP contribution in [0.1, 0.15) is 0 Å². The molecule has 0 heterocycles. The molecule has 0 atom stereocenters. The van der Waals surface area contributed by atoms with Gasteiger partial charge in [-0.3, -0.25) is 0 Å². The van der Waals surface area contributed by atoms with Crippen LogP contribution in [0.25, 0.3) is 131 Å². The maximum absolute atomic E-state index is 2.49. The molecule has 0 aliphatic carbocycles. The van der Waals surface area contributed by atoms with Crippen molar-refractivity contribution in [2.24, 2.45) is 0 Å². The standard InChI is InChI=1S/C60H36/c1-3-11-37(12-4-1)45-29-31-48(54(35-45)47-30-25-43-23-21-39-15-9-17-41-26-32-50(47)58(43)56(39)41)55-36-53(38-13-5-2-6-14-38)60(49-20-8-7-19-46(49)55)52-34-28-44-24-22-40-16-10-18-42-27-33-51(52)59(44)57(40)42/h1-36H. The lowest BCUT2D eigenvalue weighted by atomic mass is 9.81. The third-order valence-corrected chi connectivity index (χ3v) is 13.2. The summed E-state index contributed by atoms with van der Waals surface area (Å²) in [6.45, 7) is 0. The summed E-state index contributed by atoms with van der Waals surface area (Å²) in [4.78, 5) is 0. The van der Waals surface area contributed by atoms with E-state index in [1.165, 1.54) is 131 Å².